The van der Waals surface area contributed by atoms with Crippen LogP contribution in [0.1, 0.15) is 24.1 Å². The van der Waals surface area contributed by atoms with Crippen LogP contribution in [0.3, 0.4) is 0 Å². The molecule has 1 atom stereocenters. The third-order valence-electron chi connectivity index (χ3n) is 2.78. The fourth-order valence-electron chi connectivity index (χ4n) is 1.68. The third-order valence-corrected chi connectivity index (χ3v) is 3.64. The quantitative estimate of drug-likeness (QED) is 0.905. The zero-order valence-corrected chi connectivity index (χ0v) is 11.8. The van der Waals surface area contributed by atoms with E-state index in [-0.39, 0.29) is 11.9 Å². The number of aryl methyl sites for hydroxylation is 1. The highest BCUT2D eigenvalue weighted by Gasteiger charge is 2.07. The van der Waals surface area contributed by atoms with Crippen LogP contribution in [0.4, 0.5) is 10.1 Å². The van der Waals surface area contributed by atoms with Crippen LogP contribution in [-0.2, 0) is 0 Å². The average Bonchev–Trinajstić information content (AvgIpc) is 2.34. The molecule has 2 nitrogen and oxygen atoms in total. The molecule has 94 valence electrons. The van der Waals surface area contributed by atoms with Crippen LogP contribution >= 0.6 is 15.9 Å². The van der Waals surface area contributed by atoms with Crippen molar-refractivity contribution >= 4 is 21.6 Å². The lowest BCUT2D eigenvalue weighted by molar-refractivity contribution is 0.616. The summed E-state index contributed by atoms with van der Waals surface area (Å²) in [5, 5.41) is 3.32. The Balaban J connectivity index is 2.16. The molecule has 0 aliphatic rings. The van der Waals surface area contributed by atoms with Crippen molar-refractivity contribution in [2.75, 3.05) is 5.32 Å². The lowest BCUT2D eigenvalue weighted by Crippen LogP contribution is -2.07. The summed E-state index contributed by atoms with van der Waals surface area (Å²) in [6, 6.07) is 7.54. The summed E-state index contributed by atoms with van der Waals surface area (Å²) in [7, 11) is 0. The Labute approximate surface area is 114 Å². The Hall–Kier alpha value is -1.42. The summed E-state index contributed by atoms with van der Waals surface area (Å²) < 4.78 is 14.1. The van der Waals surface area contributed by atoms with Gasteiger partial charge in [-0.1, -0.05) is 22.0 Å². The number of hydrogen-bond donors (Lipinski definition) is 1. The molecule has 1 N–H and O–H groups in total. The van der Waals surface area contributed by atoms with Gasteiger partial charge in [0.25, 0.3) is 0 Å². The first-order chi connectivity index (χ1) is 8.56. The lowest BCUT2D eigenvalue weighted by atomic mass is 10.1. The van der Waals surface area contributed by atoms with E-state index < -0.39 is 0 Å². The van der Waals surface area contributed by atoms with Gasteiger partial charge in [0.2, 0.25) is 0 Å². The van der Waals surface area contributed by atoms with Gasteiger partial charge in [-0.3, -0.25) is 4.98 Å². The van der Waals surface area contributed by atoms with Gasteiger partial charge in [-0.25, -0.2) is 4.39 Å². The Morgan fingerprint density at radius 1 is 1.28 bits per heavy atom. The first-order valence-electron chi connectivity index (χ1n) is 5.69. The van der Waals surface area contributed by atoms with E-state index in [0.717, 1.165) is 15.7 Å². The molecule has 1 aromatic heterocycles. The van der Waals surface area contributed by atoms with E-state index in [9.17, 15) is 4.39 Å². The first-order valence-corrected chi connectivity index (χ1v) is 6.48. The number of anilines is 1. The van der Waals surface area contributed by atoms with Crippen LogP contribution in [0, 0.1) is 12.7 Å². The SMILES string of the molecule is Cc1ccc(NC(C)c2cncc(F)c2)cc1Br. The van der Waals surface area contributed by atoms with Gasteiger partial charge >= 0.3 is 0 Å². The third kappa shape index (κ3) is 3.07. The second-order valence-corrected chi connectivity index (χ2v) is 5.12. The number of nitrogens with zero attached hydrogens (tertiary/aromatic N) is 1. The molecule has 0 radical (unpaired) electrons. The molecule has 0 aliphatic heterocycles. The van der Waals surface area contributed by atoms with E-state index >= 15 is 0 Å². The average molecular weight is 309 g/mol. The molecule has 0 aliphatic carbocycles. The van der Waals surface area contributed by atoms with Crippen LogP contribution in [-0.4, -0.2) is 4.98 Å². The molecular weight excluding hydrogens is 295 g/mol. The van der Waals surface area contributed by atoms with E-state index in [1.807, 2.05) is 32.0 Å². The van der Waals surface area contributed by atoms with E-state index in [1.165, 1.54) is 17.8 Å². The summed E-state index contributed by atoms with van der Waals surface area (Å²) in [5.41, 5.74) is 3.00. The largest absolute Gasteiger partial charge is 0.378 e. The van der Waals surface area contributed by atoms with Crippen LogP contribution in [0.2, 0.25) is 0 Å². The molecule has 18 heavy (non-hydrogen) atoms. The van der Waals surface area contributed by atoms with E-state index in [1.54, 1.807) is 6.20 Å². The van der Waals surface area contributed by atoms with E-state index in [0.29, 0.717) is 0 Å². The van der Waals surface area contributed by atoms with Crippen molar-refractivity contribution in [1.29, 1.82) is 0 Å². The Morgan fingerprint density at radius 3 is 2.72 bits per heavy atom. The Bertz CT molecular complexity index is 557. The van der Waals surface area contributed by atoms with Crippen LogP contribution in [0.15, 0.2) is 41.1 Å². The highest BCUT2D eigenvalue weighted by Crippen LogP contribution is 2.24. The van der Waals surface area contributed by atoms with E-state index in [2.05, 4.69) is 26.2 Å². The van der Waals surface area contributed by atoms with Crippen molar-refractivity contribution in [3.63, 3.8) is 0 Å². The van der Waals surface area contributed by atoms with E-state index in [4.69, 9.17) is 0 Å². The monoisotopic (exact) mass is 308 g/mol. The standard InChI is InChI=1S/C14H14BrFN2/c1-9-3-4-13(6-14(9)15)18-10(2)11-5-12(16)8-17-7-11/h3-8,10,18H,1-2H3. The van der Waals surface area contributed by atoms with Crippen molar-refractivity contribution in [3.8, 4) is 0 Å². The maximum Gasteiger partial charge on any atom is 0.141 e. The lowest BCUT2D eigenvalue weighted by Gasteiger charge is -2.16. The number of pyridine rings is 1. The first kappa shape index (κ1) is 13.0. The second kappa shape index (κ2) is 5.48. The van der Waals surface area contributed by atoms with Gasteiger partial charge in [0.05, 0.1) is 12.2 Å². The number of hydrogen-bond acceptors (Lipinski definition) is 2. The van der Waals surface area contributed by atoms with Crippen molar-refractivity contribution < 1.29 is 4.39 Å². The van der Waals surface area contributed by atoms with Crippen molar-refractivity contribution in [3.05, 3.63) is 58.1 Å². The minimum absolute atomic E-state index is 0.00260. The Kier molecular flexibility index (Phi) is 3.97. The zero-order chi connectivity index (χ0) is 13.1. The smallest absolute Gasteiger partial charge is 0.141 e. The van der Waals surface area contributed by atoms with Crippen molar-refractivity contribution in [1.82, 2.24) is 4.98 Å². The zero-order valence-electron chi connectivity index (χ0n) is 10.2. The van der Waals surface area contributed by atoms with Gasteiger partial charge in [-0.05, 0) is 43.2 Å². The molecule has 0 amide bonds. The second-order valence-electron chi connectivity index (χ2n) is 4.27. The predicted octanol–water partition coefficient (Wildman–Crippen LogP) is 4.46. The predicted molar refractivity (Wildman–Crippen MR) is 75.1 cm³/mol. The van der Waals surface area contributed by atoms with Gasteiger partial charge in [-0.2, -0.15) is 0 Å². The van der Waals surface area contributed by atoms with Crippen LogP contribution < -0.4 is 5.32 Å². The summed E-state index contributed by atoms with van der Waals surface area (Å²) in [5.74, 6) is -0.314. The van der Waals surface area contributed by atoms with Crippen LogP contribution in [0.5, 0.6) is 0 Å². The minimum Gasteiger partial charge on any atom is -0.378 e. The van der Waals surface area contributed by atoms with Crippen LogP contribution in [0.25, 0.3) is 0 Å². The minimum atomic E-state index is -0.314. The Morgan fingerprint density at radius 2 is 2.06 bits per heavy atom. The van der Waals surface area contributed by atoms with Gasteiger partial charge in [0.1, 0.15) is 5.82 Å². The molecule has 1 aromatic carbocycles. The highest BCUT2D eigenvalue weighted by atomic mass is 79.9. The number of rotatable bonds is 3. The molecule has 1 heterocycles. The fourth-order valence-corrected chi connectivity index (χ4v) is 2.06. The summed E-state index contributed by atoms with van der Waals surface area (Å²) in [6.07, 6.45) is 2.88. The van der Waals surface area contributed by atoms with Crippen molar-refractivity contribution in [2.24, 2.45) is 0 Å². The number of nitrogens with one attached hydrogen (secondary N) is 1. The number of aromatic nitrogens is 1. The summed E-state index contributed by atoms with van der Waals surface area (Å²) in [6.45, 7) is 4.01. The summed E-state index contributed by atoms with van der Waals surface area (Å²) >= 11 is 3.49. The van der Waals surface area contributed by atoms with Gasteiger partial charge in [-0.15, -0.1) is 0 Å². The van der Waals surface area contributed by atoms with Crippen molar-refractivity contribution in [2.45, 2.75) is 19.9 Å². The fraction of sp³-hybridized carbons (Fsp3) is 0.214. The highest BCUT2D eigenvalue weighted by molar-refractivity contribution is 9.10. The topological polar surface area (TPSA) is 24.9 Å². The normalized spacial score (nSPS) is 12.2. The molecule has 2 rings (SSSR count). The maximum absolute atomic E-state index is 13.1. The molecule has 0 spiro atoms. The maximum atomic E-state index is 13.1. The van der Waals surface area contributed by atoms with Gasteiger partial charge in [0, 0.05) is 16.4 Å². The molecule has 2 aromatic rings. The van der Waals surface area contributed by atoms with Gasteiger partial charge < -0.3 is 5.32 Å². The number of benzene rings is 1. The molecule has 0 saturated carbocycles. The molecule has 1 unspecified atom stereocenters. The molecule has 4 heteroatoms. The molecule has 0 fully saturated rings. The van der Waals surface area contributed by atoms with Gasteiger partial charge in [0.15, 0.2) is 0 Å². The molecule has 0 bridgehead atoms. The summed E-state index contributed by atoms with van der Waals surface area (Å²) in [4.78, 5) is 3.85. The molecule has 0 saturated heterocycles. The number of halogens is 2. The molecular formula is C14H14BrFN2.